The van der Waals surface area contributed by atoms with Crippen molar-refractivity contribution in [1.82, 2.24) is 4.72 Å². The van der Waals surface area contributed by atoms with E-state index in [1.807, 2.05) is 6.07 Å². The van der Waals surface area contributed by atoms with Gasteiger partial charge in [-0.3, -0.25) is 4.21 Å². The molecule has 0 atom stereocenters. The maximum Gasteiger partial charge on any atom is 0.241 e. The van der Waals surface area contributed by atoms with E-state index >= 15 is 0 Å². The largest absolute Gasteiger partial charge is 0.260 e. The first-order valence-electron chi connectivity index (χ1n) is 6.30. The Labute approximate surface area is 121 Å². The van der Waals surface area contributed by atoms with E-state index in [1.54, 1.807) is 13.0 Å². The molecule has 1 aromatic rings. The minimum absolute atomic E-state index is 0.159. The van der Waals surface area contributed by atoms with E-state index in [2.05, 4.69) is 4.72 Å². The molecule has 1 heterocycles. The zero-order valence-electron chi connectivity index (χ0n) is 11.1. The lowest BCUT2D eigenvalue weighted by atomic mass is 10.2. The van der Waals surface area contributed by atoms with Crippen LogP contribution < -0.4 is 4.72 Å². The van der Waals surface area contributed by atoms with E-state index in [9.17, 15) is 12.6 Å². The fourth-order valence-electron chi connectivity index (χ4n) is 2.22. The molecule has 0 aliphatic carbocycles. The van der Waals surface area contributed by atoms with Gasteiger partial charge in [-0.1, -0.05) is 0 Å². The van der Waals surface area contributed by atoms with Gasteiger partial charge in [0.1, 0.15) is 0 Å². The molecule has 108 valence electrons. The van der Waals surface area contributed by atoms with Gasteiger partial charge >= 0.3 is 0 Å². The Bertz CT molecular complexity index is 667. The monoisotopic (exact) mass is 312 g/mol. The van der Waals surface area contributed by atoms with Crippen molar-refractivity contribution >= 4 is 20.8 Å². The second-order valence-corrected chi connectivity index (χ2v) is 8.21. The van der Waals surface area contributed by atoms with Crippen molar-refractivity contribution in [2.24, 2.45) is 0 Å². The topological polar surface area (TPSA) is 87.0 Å². The molecule has 0 radical (unpaired) electrons. The summed E-state index contributed by atoms with van der Waals surface area (Å²) in [6.07, 6.45) is 1.20. The molecule has 1 N–H and O–H groups in total. The highest BCUT2D eigenvalue weighted by Gasteiger charge is 2.25. The predicted molar refractivity (Wildman–Crippen MR) is 77.1 cm³/mol. The van der Waals surface area contributed by atoms with Gasteiger partial charge < -0.3 is 0 Å². The number of nitriles is 1. The van der Waals surface area contributed by atoms with Crippen molar-refractivity contribution in [1.29, 1.82) is 5.26 Å². The number of hydrogen-bond donors (Lipinski definition) is 1. The highest BCUT2D eigenvalue weighted by atomic mass is 32.2. The third kappa shape index (κ3) is 3.45. The lowest BCUT2D eigenvalue weighted by Crippen LogP contribution is -2.39. The van der Waals surface area contributed by atoms with E-state index in [-0.39, 0.29) is 10.9 Å². The molecule has 0 spiro atoms. The average Bonchev–Trinajstić information content (AvgIpc) is 2.40. The number of nitrogens with zero attached hydrogens (tertiary/aromatic N) is 1. The SMILES string of the molecule is Cc1cc(C#N)ccc1S(=O)(=O)NC1CCS(=O)CC1. The summed E-state index contributed by atoms with van der Waals surface area (Å²) in [4.78, 5) is 0.197. The van der Waals surface area contributed by atoms with Crippen LogP contribution >= 0.6 is 0 Å². The van der Waals surface area contributed by atoms with Crippen molar-refractivity contribution in [3.8, 4) is 6.07 Å². The minimum atomic E-state index is -3.59. The first kappa shape index (κ1) is 15.2. The van der Waals surface area contributed by atoms with E-state index in [0.717, 1.165) is 0 Å². The molecule has 7 heteroatoms. The molecule has 0 aromatic heterocycles. The van der Waals surface area contributed by atoms with Gasteiger partial charge in [0, 0.05) is 28.3 Å². The zero-order chi connectivity index (χ0) is 14.8. The first-order chi connectivity index (χ1) is 9.42. The van der Waals surface area contributed by atoms with Gasteiger partial charge in [-0.15, -0.1) is 0 Å². The lowest BCUT2D eigenvalue weighted by molar-refractivity contribution is 0.521. The summed E-state index contributed by atoms with van der Waals surface area (Å²) in [5.41, 5.74) is 0.991. The Balaban J connectivity index is 2.18. The highest BCUT2D eigenvalue weighted by Crippen LogP contribution is 2.19. The Morgan fingerprint density at radius 3 is 2.55 bits per heavy atom. The summed E-state index contributed by atoms with van der Waals surface area (Å²) >= 11 is 0. The van der Waals surface area contributed by atoms with Gasteiger partial charge in [0.15, 0.2) is 0 Å². The van der Waals surface area contributed by atoms with Crippen molar-refractivity contribution in [2.45, 2.75) is 30.7 Å². The third-order valence-corrected chi connectivity index (χ3v) is 6.37. The summed E-state index contributed by atoms with van der Waals surface area (Å²) < 4.78 is 38.6. The summed E-state index contributed by atoms with van der Waals surface area (Å²) in [6, 6.07) is 6.34. The van der Waals surface area contributed by atoms with Crippen LogP contribution in [-0.2, 0) is 20.8 Å². The molecule has 0 bridgehead atoms. The second-order valence-electron chi connectivity index (χ2n) is 4.84. The third-order valence-electron chi connectivity index (χ3n) is 3.30. The Morgan fingerprint density at radius 1 is 1.35 bits per heavy atom. The molecule has 2 rings (SSSR count). The van der Waals surface area contributed by atoms with Crippen molar-refractivity contribution in [2.75, 3.05) is 11.5 Å². The second kappa shape index (κ2) is 6.04. The van der Waals surface area contributed by atoms with Crippen LogP contribution in [0.15, 0.2) is 23.1 Å². The molecule has 5 nitrogen and oxygen atoms in total. The van der Waals surface area contributed by atoms with Crippen LogP contribution in [0, 0.1) is 18.3 Å². The van der Waals surface area contributed by atoms with Crippen molar-refractivity contribution in [3.63, 3.8) is 0 Å². The highest BCUT2D eigenvalue weighted by molar-refractivity contribution is 7.89. The Hall–Kier alpha value is -1.23. The summed E-state index contributed by atoms with van der Waals surface area (Å²) in [5, 5.41) is 8.80. The molecule has 1 aliphatic heterocycles. The molecule has 1 aliphatic rings. The van der Waals surface area contributed by atoms with Gasteiger partial charge in [0.25, 0.3) is 0 Å². The van der Waals surface area contributed by atoms with Gasteiger partial charge in [-0.2, -0.15) is 5.26 Å². The van der Waals surface area contributed by atoms with E-state index < -0.39 is 20.8 Å². The van der Waals surface area contributed by atoms with Crippen molar-refractivity contribution < 1.29 is 12.6 Å². The molecule has 1 saturated heterocycles. The van der Waals surface area contributed by atoms with Gasteiger partial charge in [0.2, 0.25) is 10.0 Å². The standard InChI is InChI=1S/C13H16N2O3S2/c1-10-8-11(9-14)2-3-13(10)20(17,18)15-12-4-6-19(16)7-5-12/h2-3,8,12,15H,4-7H2,1H3. The van der Waals surface area contributed by atoms with Crippen LogP contribution in [0.2, 0.25) is 0 Å². The number of hydrogen-bond acceptors (Lipinski definition) is 4. The Kier molecular flexibility index (Phi) is 4.58. The van der Waals surface area contributed by atoms with Crippen LogP contribution in [0.5, 0.6) is 0 Å². The van der Waals surface area contributed by atoms with E-state index in [0.29, 0.717) is 35.5 Å². The molecule has 20 heavy (non-hydrogen) atoms. The number of sulfonamides is 1. The number of rotatable bonds is 3. The summed E-state index contributed by atoms with van der Waals surface area (Å²) in [7, 11) is -4.40. The molecule has 0 unspecified atom stereocenters. The summed E-state index contributed by atoms with van der Waals surface area (Å²) in [6.45, 7) is 1.67. The quantitative estimate of drug-likeness (QED) is 0.904. The normalized spacial score (nSPS) is 23.2. The molecular weight excluding hydrogens is 296 g/mol. The molecule has 1 fully saturated rings. The summed E-state index contributed by atoms with van der Waals surface area (Å²) in [5.74, 6) is 1.08. The molecule has 0 amide bonds. The van der Waals surface area contributed by atoms with Crippen LogP contribution in [0.25, 0.3) is 0 Å². The fourth-order valence-corrected chi connectivity index (χ4v) is 5.05. The van der Waals surface area contributed by atoms with Crippen LogP contribution in [0.1, 0.15) is 24.0 Å². The fraction of sp³-hybridized carbons (Fsp3) is 0.462. The lowest BCUT2D eigenvalue weighted by Gasteiger charge is -2.22. The maximum atomic E-state index is 12.3. The first-order valence-corrected chi connectivity index (χ1v) is 9.27. The van der Waals surface area contributed by atoms with Crippen LogP contribution in [0.3, 0.4) is 0 Å². The van der Waals surface area contributed by atoms with Gasteiger partial charge in [0.05, 0.1) is 16.5 Å². The zero-order valence-corrected chi connectivity index (χ0v) is 12.8. The average molecular weight is 312 g/mol. The van der Waals surface area contributed by atoms with E-state index in [1.165, 1.54) is 12.1 Å². The van der Waals surface area contributed by atoms with Crippen LogP contribution in [-0.4, -0.2) is 30.2 Å². The molecular formula is C13H16N2O3S2. The van der Waals surface area contributed by atoms with Gasteiger partial charge in [-0.05, 0) is 43.5 Å². The maximum absolute atomic E-state index is 12.3. The minimum Gasteiger partial charge on any atom is -0.260 e. The number of benzene rings is 1. The smallest absolute Gasteiger partial charge is 0.241 e. The van der Waals surface area contributed by atoms with Crippen LogP contribution in [0.4, 0.5) is 0 Å². The molecule has 0 saturated carbocycles. The number of aryl methyl sites for hydroxylation is 1. The molecule has 1 aromatic carbocycles. The number of nitrogens with one attached hydrogen (secondary N) is 1. The van der Waals surface area contributed by atoms with E-state index in [4.69, 9.17) is 5.26 Å². The van der Waals surface area contributed by atoms with Gasteiger partial charge in [-0.25, -0.2) is 13.1 Å². The predicted octanol–water partition coefficient (Wildman–Crippen LogP) is 1.06. The van der Waals surface area contributed by atoms with Crippen molar-refractivity contribution in [3.05, 3.63) is 29.3 Å². The Morgan fingerprint density at radius 2 is 2.00 bits per heavy atom.